The maximum atomic E-state index is 12.6. The number of nitrogens with one attached hydrogen (secondary N) is 1. The van der Waals surface area contributed by atoms with Crippen molar-refractivity contribution in [1.29, 1.82) is 0 Å². The first-order valence-corrected chi connectivity index (χ1v) is 7.03. The highest BCUT2D eigenvalue weighted by Crippen LogP contribution is 2.33. The third-order valence-corrected chi connectivity index (χ3v) is 4.10. The molecule has 1 fully saturated rings. The van der Waals surface area contributed by atoms with E-state index < -0.39 is 0 Å². The number of hydrogen-bond acceptors (Lipinski definition) is 3. The molecule has 0 saturated carbocycles. The molecule has 4 nitrogen and oxygen atoms in total. The molecule has 0 aromatic carbocycles. The smallest absolute Gasteiger partial charge is 0.228 e. The minimum Gasteiger partial charge on any atom is -0.383 e. The Kier molecular flexibility index (Phi) is 6.09. The summed E-state index contributed by atoms with van der Waals surface area (Å²) >= 11 is 0. The molecule has 0 aliphatic carbocycles. The van der Waals surface area contributed by atoms with E-state index in [0.717, 1.165) is 26.1 Å². The number of piperidine rings is 1. The van der Waals surface area contributed by atoms with E-state index in [1.165, 1.54) is 6.42 Å². The van der Waals surface area contributed by atoms with Gasteiger partial charge >= 0.3 is 0 Å². The first-order chi connectivity index (χ1) is 8.54. The molecule has 0 aromatic heterocycles. The summed E-state index contributed by atoms with van der Waals surface area (Å²) in [6.07, 6.45) is 2.32. The van der Waals surface area contributed by atoms with Crippen LogP contribution < -0.4 is 5.32 Å². The number of amides is 1. The van der Waals surface area contributed by atoms with E-state index in [0.29, 0.717) is 19.1 Å². The first kappa shape index (κ1) is 15.4. The minimum absolute atomic E-state index is 0.260. The fourth-order valence-electron chi connectivity index (χ4n) is 2.65. The largest absolute Gasteiger partial charge is 0.383 e. The van der Waals surface area contributed by atoms with Crippen LogP contribution in [0.5, 0.6) is 0 Å². The summed E-state index contributed by atoms with van der Waals surface area (Å²) in [5.74, 6) is 0.700. The monoisotopic (exact) mass is 256 g/mol. The molecule has 1 amide bonds. The first-order valence-electron chi connectivity index (χ1n) is 7.03. The molecule has 1 rings (SSSR count). The van der Waals surface area contributed by atoms with Gasteiger partial charge in [0.05, 0.1) is 6.61 Å². The van der Waals surface area contributed by atoms with Gasteiger partial charge in [0.2, 0.25) is 5.91 Å². The Balaban J connectivity index is 2.65. The molecule has 18 heavy (non-hydrogen) atoms. The summed E-state index contributed by atoms with van der Waals surface area (Å²) in [6, 6.07) is 0. The Bertz CT molecular complexity index is 261. The number of carbonyl (C=O) groups is 1. The van der Waals surface area contributed by atoms with E-state index in [4.69, 9.17) is 4.74 Å². The van der Waals surface area contributed by atoms with Crippen molar-refractivity contribution in [2.45, 2.75) is 33.6 Å². The lowest BCUT2D eigenvalue weighted by molar-refractivity contribution is -0.144. The van der Waals surface area contributed by atoms with Gasteiger partial charge < -0.3 is 15.0 Å². The van der Waals surface area contributed by atoms with Gasteiger partial charge in [0, 0.05) is 25.6 Å². The maximum absolute atomic E-state index is 12.6. The second-order valence-electron chi connectivity index (χ2n) is 5.64. The van der Waals surface area contributed by atoms with Crippen LogP contribution in [0.3, 0.4) is 0 Å². The molecule has 1 atom stereocenters. The van der Waals surface area contributed by atoms with Crippen LogP contribution in [0, 0.1) is 11.3 Å². The fraction of sp³-hybridized carbons (Fsp3) is 0.929. The maximum Gasteiger partial charge on any atom is 0.228 e. The molecular weight excluding hydrogens is 228 g/mol. The third kappa shape index (κ3) is 3.69. The number of hydrogen-bond donors (Lipinski definition) is 1. The van der Waals surface area contributed by atoms with Gasteiger partial charge in [-0.05, 0) is 38.8 Å². The summed E-state index contributed by atoms with van der Waals surface area (Å²) in [7, 11) is 1.68. The third-order valence-electron chi connectivity index (χ3n) is 4.10. The van der Waals surface area contributed by atoms with Crippen LogP contribution in [0.15, 0.2) is 0 Å². The Morgan fingerprint density at radius 3 is 2.72 bits per heavy atom. The number of ether oxygens (including phenoxy) is 1. The topological polar surface area (TPSA) is 41.6 Å². The van der Waals surface area contributed by atoms with Gasteiger partial charge in [0.1, 0.15) is 0 Å². The fourth-order valence-corrected chi connectivity index (χ4v) is 2.65. The molecule has 1 N–H and O–H groups in total. The number of carbonyl (C=O) groups excluding carboxylic acids is 1. The predicted molar refractivity (Wildman–Crippen MR) is 73.5 cm³/mol. The zero-order chi connectivity index (χ0) is 13.6. The van der Waals surface area contributed by atoms with Crippen LogP contribution in [-0.4, -0.2) is 50.7 Å². The Morgan fingerprint density at radius 2 is 2.22 bits per heavy atom. The average Bonchev–Trinajstić information content (AvgIpc) is 2.40. The molecule has 1 aliphatic rings. The van der Waals surface area contributed by atoms with Crippen molar-refractivity contribution in [3.05, 3.63) is 0 Å². The summed E-state index contributed by atoms with van der Waals surface area (Å²) in [4.78, 5) is 14.6. The number of methoxy groups -OCH3 is 1. The molecule has 1 heterocycles. The molecule has 0 bridgehead atoms. The van der Waals surface area contributed by atoms with Crippen molar-refractivity contribution < 1.29 is 9.53 Å². The quantitative estimate of drug-likeness (QED) is 0.783. The van der Waals surface area contributed by atoms with Crippen molar-refractivity contribution in [2.24, 2.45) is 11.3 Å². The molecule has 1 saturated heterocycles. The van der Waals surface area contributed by atoms with E-state index in [9.17, 15) is 4.79 Å². The number of nitrogens with zero attached hydrogens (tertiary/aromatic N) is 1. The van der Waals surface area contributed by atoms with Crippen molar-refractivity contribution in [2.75, 3.05) is 39.9 Å². The summed E-state index contributed by atoms with van der Waals surface area (Å²) in [5, 5.41) is 3.40. The highest BCUT2D eigenvalue weighted by atomic mass is 16.5. The lowest BCUT2D eigenvalue weighted by Crippen LogP contribution is -2.49. The van der Waals surface area contributed by atoms with Gasteiger partial charge in [-0.3, -0.25) is 4.79 Å². The van der Waals surface area contributed by atoms with Crippen molar-refractivity contribution in [3.8, 4) is 0 Å². The van der Waals surface area contributed by atoms with Gasteiger partial charge in [-0.25, -0.2) is 0 Å². The lowest BCUT2D eigenvalue weighted by atomic mass is 9.74. The van der Waals surface area contributed by atoms with Crippen LogP contribution in [0.4, 0.5) is 0 Å². The minimum atomic E-state index is -0.281. The van der Waals surface area contributed by atoms with E-state index in [1.807, 2.05) is 11.8 Å². The highest BCUT2D eigenvalue weighted by molar-refractivity contribution is 5.82. The Labute approximate surface area is 111 Å². The molecule has 106 valence electrons. The zero-order valence-electron chi connectivity index (χ0n) is 12.3. The van der Waals surface area contributed by atoms with Gasteiger partial charge in [-0.15, -0.1) is 0 Å². The van der Waals surface area contributed by atoms with Crippen LogP contribution in [-0.2, 0) is 9.53 Å². The molecule has 4 heteroatoms. The van der Waals surface area contributed by atoms with Crippen molar-refractivity contribution in [3.63, 3.8) is 0 Å². The van der Waals surface area contributed by atoms with E-state index >= 15 is 0 Å². The van der Waals surface area contributed by atoms with Crippen LogP contribution >= 0.6 is 0 Å². The van der Waals surface area contributed by atoms with Crippen LogP contribution in [0.1, 0.15) is 33.6 Å². The Morgan fingerprint density at radius 1 is 1.50 bits per heavy atom. The van der Waals surface area contributed by atoms with E-state index in [-0.39, 0.29) is 11.3 Å². The summed E-state index contributed by atoms with van der Waals surface area (Å²) in [5.41, 5.74) is -0.281. The normalized spacial score (nSPS) is 20.8. The van der Waals surface area contributed by atoms with Crippen molar-refractivity contribution in [1.82, 2.24) is 10.2 Å². The molecule has 1 aliphatic heterocycles. The average molecular weight is 256 g/mol. The second-order valence-corrected chi connectivity index (χ2v) is 5.64. The Hall–Kier alpha value is -0.610. The van der Waals surface area contributed by atoms with Crippen molar-refractivity contribution >= 4 is 5.91 Å². The molecule has 0 spiro atoms. The molecule has 0 radical (unpaired) electrons. The van der Waals surface area contributed by atoms with Gasteiger partial charge in [0.25, 0.3) is 0 Å². The van der Waals surface area contributed by atoms with E-state index in [1.54, 1.807) is 7.11 Å². The van der Waals surface area contributed by atoms with Crippen LogP contribution in [0.25, 0.3) is 0 Å². The predicted octanol–water partition coefficient (Wildman–Crippen LogP) is 1.51. The second kappa shape index (κ2) is 7.10. The standard InChI is InChI=1S/C14H28N2O2/c1-5-16(9-10-18-4)13(17)14(2,3)12-7-6-8-15-11-12/h12,15H,5-11H2,1-4H3. The zero-order valence-corrected chi connectivity index (χ0v) is 12.3. The van der Waals surface area contributed by atoms with Gasteiger partial charge in [-0.1, -0.05) is 13.8 Å². The highest BCUT2D eigenvalue weighted by Gasteiger charge is 2.39. The molecular formula is C14H28N2O2. The summed E-state index contributed by atoms with van der Waals surface area (Å²) in [6.45, 7) is 10.3. The molecule has 1 unspecified atom stereocenters. The molecule has 0 aromatic rings. The number of likely N-dealkylation sites (N-methyl/N-ethyl adjacent to an activating group) is 1. The number of rotatable bonds is 6. The van der Waals surface area contributed by atoms with Crippen LogP contribution in [0.2, 0.25) is 0 Å². The lowest BCUT2D eigenvalue weighted by Gasteiger charge is -2.39. The van der Waals surface area contributed by atoms with Gasteiger partial charge in [-0.2, -0.15) is 0 Å². The van der Waals surface area contributed by atoms with Gasteiger partial charge in [0.15, 0.2) is 0 Å². The summed E-state index contributed by atoms with van der Waals surface area (Å²) < 4.78 is 5.08. The van der Waals surface area contributed by atoms with E-state index in [2.05, 4.69) is 19.2 Å². The SMILES string of the molecule is CCN(CCOC)C(=O)C(C)(C)C1CCCNC1.